The maximum Gasteiger partial charge on any atom is 0.267 e. The lowest BCUT2D eigenvalue weighted by molar-refractivity contribution is 0.0914. The number of carbonyl (C=O) groups is 1. The number of fused-ring (bicyclic) bond motifs is 1. The molecule has 0 aromatic carbocycles. The molecule has 0 saturated heterocycles. The Kier molecular flexibility index (Phi) is 5.23. The van der Waals surface area contributed by atoms with E-state index in [4.69, 9.17) is 4.74 Å². The standard InChI is InChI=1S/C22H24N6O3/c29-20-9-8-19(15-3-1-10-23-13-15)26-28(20)17-6-4-16(5-7-17)25-21(30)18-14-24-27-11-2-12-31-22(18)27/h1,3,8-10,13-14,16-17H,2,4-7,11-12H2,(H,25,30). The number of nitrogens with one attached hydrogen (secondary N) is 1. The zero-order valence-electron chi connectivity index (χ0n) is 17.1. The summed E-state index contributed by atoms with van der Waals surface area (Å²) in [4.78, 5) is 29.3. The maximum atomic E-state index is 12.7. The number of ether oxygens (including phenoxy) is 1. The smallest absolute Gasteiger partial charge is 0.267 e. The van der Waals surface area contributed by atoms with Crippen LogP contribution in [0.15, 0.2) is 47.7 Å². The summed E-state index contributed by atoms with van der Waals surface area (Å²) in [6.07, 6.45) is 9.04. The number of carbonyl (C=O) groups excluding carboxylic acids is 1. The Balaban J connectivity index is 1.24. The quantitative estimate of drug-likeness (QED) is 0.694. The van der Waals surface area contributed by atoms with Gasteiger partial charge in [-0.1, -0.05) is 0 Å². The van der Waals surface area contributed by atoms with E-state index in [1.807, 2.05) is 12.1 Å². The second-order valence-electron chi connectivity index (χ2n) is 8.01. The molecule has 1 fully saturated rings. The lowest BCUT2D eigenvalue weighted by Crippen LogP contribution is -2.39. The topological polar surface area (TPSA) is 104 Å². The van der Waals surface area contributed by atoms with E-state index in [9.17, 15) is 9.59 Å². The third kappa shape index (κ3) is 3.95. The van der Waals surface area contributed by atoms with Gasteiger partial charge in [-0.3, -0.25) is 14.6 Å². The molecule has 1 aliphatic heterocycles. The van der Waals surface area contributed by atoms with Crippen molar-refractivity contribution in [3.05, 3.63) is 58.8 Å². The minimum absolute atomic E-state index is 0.0181. The number of aryl methyl sites for hydroxylation is 1. The molecule has 1 N–H and O–H groups in total. The van der Waals surface area contributed by atoms with E-state index < -0.39 is 0 Å². The van der Waals surface area contributed by atoms with Crippen LogP contribution in [0.2, 0.25) is 0 Å². The Morgan fingerprint density at radius 3 is 2.81 bits per heavy atom. The van der Waals surface area contributed by atoms with E-state index in [0.29, 0.717) is 18.1 Å². The fourth-order valence-electron chi connectivity index (χ4n) is 4.31. The fraction of sp³-hybridized carbons (Fsp3) is 0.409. The van der Waals surface area contributed by atoms with Crippen LogP contribution in [0.3, 0.4) is 0 Å². The number of aromatic nitrogens is 5. The molecule has 9 heteroatoms. The van der Waals surface area contributed by atoms with Crippen LogP contribution in [-0.4, -0.2) is 43.1 Å². The maximum absolute atomic E-state index is 12.7. The van der Waals surface area contributed by atoms with Gasteiger partial charge in [0.2, 0.25) is 5.88 Å². The summed E-state index contributed by atoms with van der Waals surface area (Å²) >= 11 is 0. The van der Waals surface area contributed by atoms with Crippen LogP contribution in [0.1, 0.15) is 48.5 Å². The number of hydrogen-bond acceptors (Lipinski definition) is 6. The zero-order chi connectivity index (χ0) is 21.2. The van der Waals surface area contributed by atoms with Crippen LogP contribution >= 0.6 is 0 Å². The van der Waals surface area contributed by atoms with Gasteiger partial charge in [0.15, 0.2) is 0 Å². The number of hydrogen-bond donors (Lipinski definition) is 1. The van der Waals surface area contributed by atoms with Gasteiger partial charge < -0.3 is 10.1 Å². The van der Waals surface area contributed by atoms with E-state index in [-0.39, 0.29) is 23.6 Å². The average molecular weight is 420 g/mol. The van der Waals surface area contributed by atoms with Crippen molar-refractivity contribution in [2.45, 2.75) is 50.7 Å². The van der Waals surface area contributed by atoms with E-state index in [1.165, 1.54) is 0 Å². The summed E-state index contributed by atoms with van der Waals surface area (Å²) in [5.41, 5.74) is 1.99. The summed E-state index contributed by atoms with van der Waals surface area (Å²) in [7, 11) is 0. The molecular formula is C22H24N6O3. The summed E-state index contributed by atoms with van der Waals surface area (Å²) in [6, 6.07) is 7.14. The second-order valence-corrected chi connectivity index (χ2v) is 8.01. The molecule has 4 heterocycles. The Morgan fingerprint density at radius 2 is 2.00 bits per heavy atom. The van der Waals surface area contributed by atoms with Crippen molar-refractivity contribution < 1.29 is 9.53 Å². The third-order valence-corrected chi connectivity index (χ3v) is 5.95. The summed E-state index contributed by atoms with van der Waals surface area (Å²) in [6.45, 7) is 1.38. The molecule has 3 aromatic heterocycles. The van der Waals surface area contributed by atoms with E-state index in [1.54, 1.807) is 40.1 Å². The van der Waals surface area contributed by atoms with Crippen molar-refractivity contribution in [2.24, 2.45) is 0 Å². The molecule has 5 rings (SSSR count). The highest BCUT2D eigenvalue weighted by atomic mass is 16.5. The molecule has 1 saturated carbocycles. The molecule has 0 spiro atoms. The number of pyridine rings is 1. The molecular weight excluding hydrogens is 396 g/mol. The lowest BCUT2D eigenvalue weighted by atomic mass is 9.91. The van der Waals surface area contributed by atoms with Crippen LogP contribution in [0, 0.1) is 0 Å². The Hall–Kier alpha value is -3.49. The van der Waals surface area contributed by atoms with Gasteiger partial charge in [-0.15, -0.1) is 0 Å². The minimum Gasteiger partial charge on any atom is -0.477 e. The Morgan fingerprint density at radius 1 is 1.13 bits per heavy atom. The molecule has 160 valence electrons. The van der Waals surface area contributed by atoms with Gasteiger partial charge in [-0.05, 0) is 43.9 Å². The second kappa shape index (κ2) is 8.33. The van der Waals surface area contributed by atoms with Gasteiger partial charge in [0.1, 0.15) is 5.56 Å². The molecule has 0 bridgehead atoms. The van der Waals surface area contributed by atoms with E-state index >= 15 is 0 Å². The van der Waals surface area contributed by atoms with Crippen LogP contribution < -0.4 is 15.6 Å². The molecule has 3 aromatic rings. The first-order chi connectivity index (χ1) is 15.2. The zero-order valence-corrected chi connectivity index (χ0v) is 17.1. The Labute approximate surface area is 179 Å². The number of nitrogens with zero attached hydrogens (tertiary/aromatic N) is 5. The van der Waals surface area contributed by atoms with Crippen molar-refractivity contribution in [1.82, 2.24) is 29.9 Å². The first-order valence-corrected chi connectivity index (χ1v) is 10.7. The number of rotatable bonds is 4. The number of amides is 1. The molecule has 0 atom stereocenters. The highest BCUT2D eigenvalue weighted by molar-refractivity contribution is 5.96. The normalized spacial score (nSPS) is 20.5. The minimum atomic E-state index is -0.152. The molecule has 1 aliphatic carbocycles. The van der Waals surface area contributed by atoms with Crippen LogP contribution in [-0.2, 0) is 6.54 Å². The van der Waals surface area contributed by atoms with Crippen LogP contribution in [0.25, 0.3) is 11.3 Å². The van der Waals surface area contributed by atoms with Crippen LogP contribution in [0.5, 0.6) is 5.88 Å². The monoisotopic (exact) mass is 420 g/mol. The highest BCUT2D eigenvalue weighted by Crippen LogP contribution is 2.29. The largest absolute Gasteiger partial charge is 0.477 e. The van der Waals surface area contributed by atoms with Crippen molar-refractivity contribution in [3.63, 3.8) is 0 Å². The van der Waals surface area contributed by atoms with Crippen molar-refractivity contribution in [3.8, 4) is 17.1 Å². The van der Waals surface area contributed by atoms with Crippen molar-refractivity contribution >= 4 is 5.91 Å². The van der Waals surface area contributed by atoms with Gasteiger partial charge in [0.25, 0.3) is 11.5 Å². The van der Waals surface area contributed by atoms with Gasteiger partial charge in [0, 0.05) is 43.0 Å². The van der Waals surface area contributed by atoms with Gasteiger partial charge in [-0.2, -0.15) is 10.2 Å². The first kappa shape index (κ1) is 19.5. The Bertz CT molecular complexity index is 1130. The summed E-state index contributed by atoms with van der Waals surface area (Å²) in [5.74, 6) is 0.404. The fourth-order valence-corrected chi connectivity index (χ4v) is 4.31. The first-order valence-electron chi connectivity index (χ1n) is 10.7. The SMILES string of the molecule is O=C(NC1CCC(n2nc(-c3cccnc3)ccc2=O)CC1)c1cnn2c1OCCC2. The van der Waals surface area contributed by atoms with E-state index in [0.717, 1.165) is 49.9 Å². The van der Waals surface area contributed by atoms with E-state index in [2.05, 4.69) is 20.5 Å². The average Bonchev–Trinajstić information content (AvgIpc) is 3.25. The van der Waals surface area contributed by atoms with Crippen molar-refractivity contribution in [2.75, 3.05) is 6.61 Å². The van der Waals surface area contributed by atoms with Crippen LogP contribution in [0.4, 0.5) is 0 Å². The van der Waals surface area contributed by atoms with Gasteiger partial charge >= 0.3 is 0 Å². The molecule has 2 aliphatic rings. The summed E-state index contributed by atoms with van der Waals surface area (Å²) < 4.78 is 8.95. The summed E-state index contributed by atoms with van der Waals surface area (Å²) in [5, 5.41) is 11.9. The third-order valence-electron chi connectivity index (χ3n) is 5.95. The molecule has 1 amide bonds. The van der Waals surface area contributed by atoms with Gasteiger partial charge in [-0.25, -0.2) is 9.36 Å². The lowest BCUT2D eigenvalue weighted by Gasteiger charge is -2.29. The predicted molar refractivity (Wildman–Crippen MR) is 113 cm³/mol. The molecule has 0 unspecified atom stereocenters. The van der Waals surface area contributed by atoms with Gasteiger partial charge in [0.05, 0.1) is 24.5 Å². The van der Waals surface area contributed by atoms with Crippen molar-refractivity contribution in [1.29, 1.82) is 0 Å². The molecule has 9 nitrogen and oxygen atoms in total. The molecule has 0 radical (unpaired) electrons. The predicted octanol–water partition coefficient (Wildman–Crippen LogP) is 2.20. The highest BCUT2D eigenvalue weighted by Gasteiger charge is 2.28. The molecule has 31 heavy (non-hydrogen) atoms.